The lowest BCUT2D eigenvalue weighted by molar-refractivity contribution is 0.0977. The van der Waals surface area contributed by atoms with Gasteiger partial charge in [0.25, 0.3) is 5.91 Å². The highest BCUT2D eigenvalue weighted by Crippen LogP contribution is 2.19. The number of aromatic nitrogens is 1. The number of guanidine groups is 1. The highest BCUT2D eigenvalue weighted by molar-refractivity contribution is 6.30. The number of amides is 1. The number of hydrogen-bond acceptors (Lipinski definition) is 4. The molecule has 0 spiro atoms. The number of aryl methyl sites for hydroxylation is 1. The van der Waals surface area contributed by atoms with Gasteiger partial charge in [-0.15, -0.1) is 0 Å². The van der Waals surface area contributed by atoms with Crippen LogP contribution in [-0.4, -0.2) is 23.5 Å². The molecule has 2 N–H and O–H groups in total. The van der Waals surface area contributed by atoms with Crippen LogP contribution in [0.5, 0.6) is 5.75 Å². The first-order valence-corrected chi connectivity index (χ1v) is 9.94. The van der Waals surface area contributed by atoms with Gasteiger partial charge in [-0.3, -0.25) is 15.1 Å². The van der Waals surface area contributed by atoms with Crippen LogP contribution in [0.25, 0.3) is 0 Å². The number of carbonyl (C=O) groups is 1. The number of aliphatic imine (C=N–C) groups is 1. The van der Waals surface area contributed by atoms with Crippen molar-refractivity contribution in [1.29, 1.82) is 0 Å². The monoisotopic (exact) mass is 422 g/mol. The van der Waals surface area contributed by atoms with Crippen LogP contribution in [0.15, 0.2) is 71.9 Å². The zero-order valence-corrected chi connectivity index (χ0v) is 17.6. The Balaban J connectivity index is 1.79. The first-order chi connectivity index (χ1) is 14.5. The quantitative estimate of drug-likeness (QED) is 0.440. The van der Waals surface area contributed by atoms with E-state index in [1.807, 2.05) is 44.2 Å². The molecule has 0 radical (unpaired) electrons. The first-order valence-electron chi connectivity index (χ1n) is 9.57. The summed E-state index contributed by atoms with van der Waals surface area (Å²) >= 11 is 6.05. The number of anilines is 1. The molecule has 30 heavy (non-hydrogen) atoms. The summed E-state index contributed by atoms with van der Waals surface area (Å²) in [5.74, 6) is 0.759. The lowest BCUT2D eigenvalue weighted by Gasteiger charge is -2.14. The van der Waals surface area contributed by atoms with Gasteiger partial charge in [-0.1, -0.05) is 17.7 Å². The second kappa shape index (κ2) is 10.4. The maximum absolute atomic E-state index is 12.8. The van der Waals surface area contributed by atoms with Crippen molar-refractivity contribution in [1.82, 2.24) is 10.3 Å². The van der Waals surface area contributed by atoms with Gasteiger partial charge in [-0.2, -0.15) is 0 Å². The molecule has 0 bridgehead atoms. The molecule has 1 aromatic heterocycles. The zero-order valence-electron chi connectivity index (χ0n) is 16.9. The van der Waals surface area contributed by atoms with E-state index >= 15 is 0 Å². The van der Waals surface area contributed by atoms with Gasteiger partial charge in [-0.05, 0) is 74.0 Å². The minimum atomic E-state index is -0.281. The fourth-order valence-corrected chi connectivity index (χ4v) is 2.93. The van der Waals surface area contributed by atoms with Gasteiger partial charge in [0.15, 0.2) is 0 Å². The Kier molecular flexibility index (Phi) is 7.40. The van der Waals surface area contributed by atoms with Crippen molar-refractivity contribution in [3.63, 3.8) is 0 Å². The molecule has 154 valence electrons. The van der Waals surface area contributed by atoms with Gasteiger partial charge in [0, 0.05) is 22.5 Å². The SMILES string of the molecule is CCOc1ccc(C(=O)NC(=NCc2ccccn2)Nc2ccc(Cl)cc2C)cc1. The van der Waals surface area contributed by atoms with E-state index in [0.29, 0.717) is 35.4 Å². The highest BCUT2D eigenvalue weighted by atomic mass is 35.5. The number of halogens is 1. The molecule has 6 nitrogen and oxygen atoms in total. The van der Waals surface area contributed by atoms with Crippen LogP contribution >= 0.6 is 11.6 Å². The third-order valence-corrected chi connectivity index (χ3v) is 4.46. The molecular weight excluding hydrogens is 400 g/mol. The molecule has 0 atom stereocenters. The lowest BCUT2D eigenvalue weighted by Crippen LogP contribution is -2.36. The Morgan fingerprint density at radius 1 is 1.13 bits per heavy atom. The Morgan fingerprint density at radius 3 is 2.60 bits per heavy atom. The summed E-state index contributed by atoms with van der Waals surface area (Å²) in [6, 6.07) is 18.0. The van der Waals surface area contributed by atoms with Crippen LogP contribution in [0.2, 0.25) is 5.02 Å². The summed E-state index contributed by atoms with van der Waals surface area (Å²) in [5.41, 5.74) is 3.02. The van der Waals surface area contributed by atoms with Gasteiger partial charge in [0.05, 0.1) is 18.8 Å². The largest absolute Gasteiger partial charge is 0.494 e. The van der Waals surface area contributed by atoms with Crippen molar-refractivity contribution in [3.05, 3.63) is 88.7 Å². The second-order valence-corrected chi connectivity index (χ2v) is 6.92. The Morgan fingerprint density at radius 2 is 1.93 bits per heavy atom. The van der Waals surface area contributed by atoms with Crippen LogP contribution < -0.4 is 15.4 Å². The van der Waals surface area contributed by atoms with E-state index in [-0.39, 0.29) is 5.91 Å². The molecule has 0 aliphatic rings. The Bertz CT molecular complexity index is 1020. The molecule has 3 rings (SSSR count). The average Bonchev–Trinajstić information content (AvgIpc) is 2.75. The molecular formula is C23H23ClN4O2. The molecule has 1 amide bonds. The van der Waals surface area contributed by atoms with Gasteiger partial charge in [0.1, 0.15) is 5.75 Å². The molecule has 0 aliphatic heterocycles. The van der Waals surface area contributed by atoms with Crippen molar-refractivity contribution in [3.8, 4) is 5.75 Å². The second-order valence-electron chi connectivity index (χ2n) is 6.48. The normalized spacial score (nSPS) is 11.1. The fourth-order valence-electron chi connectivity index (χ4n) is 2.71. The van der Waals surface area contributed by atoms with Gasteiger partial charge in [-0.25, -0.2) is 4.99 Å². The number of carbonyl (C=O) groups excluding carboxylic acids is 1. The lowest BCUT2D eigenvalue weighted by atomic mass is 10.2. The van der Waals surface area contributed by atoms with E-state index in [2.05, 4.69) is 20.6 Å². The standard InChI is InChI=1S/C23H23ClN4O2/c1-3-30-20-10-7-17(8-11-20)22(29)28-23(26-15-19-6-4-5-13-25-19)27-21-12-9-18(24)14-16(21)2/h4-14H,3,15H2,1-2H3,(H2,26,27,28,29). The third kappa shape index (κ3) is 6.06. The molecule has 1 heterocycles. The topological polar surface area (TPSA) is 75.6 Å². The van der Waals surface area contributed by atoms with E-state index in [4.69, 9.17) is 16.3 Å². The minimum Gasteiger partial charge on any atom is -0.494 e. The Labute approximate surface area is 181 Å². The average molecular weight is 423 g/mol. The molecule has 2 aromatic carbocycles. The van der Waals surface area contributed by atoms with Crippen LogP contribution in [0.4, 0.5) is 5.69 Å². The van der Waals surface area contributed by atoms with Gasteiger partial charge >= 0.3 is 0 Å². The predicted octanol–water partition coefficient (Wildman–Crippen LogP) is 4.84. The van der Waals surface area contributed by atoms with Crippen molar-refractivity contribution in [2.24, 2.45) is 4.99 Å². The van der Waals surface area contributed by atoms with E-state index in [1.165, 1.54) is 0 Å². The number of benzene rings is 2. The summed E-state index contributed by atoms with van der Waals surface area (Å²) in [5, 5.41) is 6.67. The first kappa shape index (κ1) is 21.3. The summed E-state index contributed by atoms with van der Waals surface area (Å²) in [6.07, 6.45) is 1.71. The number of hydrogen-bond donors (Lipinski definition) is 2. The number of nitrogens with one attached hydrogen (secondary N) is 2. The fraction of sp³-hybridized carbons (Fsp3) is 0.174. The van der Waals surface area contributed by atoms with Crippen molar-refractivity contribution in [2.75, 3.05) is 11.9 Å². The number of nitrogens with zero attached hydrogens (tertiary/aromatic N) is 2. The van der Waals surface area contributed by atoms with Crippen molar-refractivity contribution < 1.29 is 9.53 Å². The predicted molar refractivity (Wildman–Crippen MR) is 120 cm³/mol. The van der Waals surface area contributed by atoms with Crippen molar-refractivity contribution in [2.45, 2.75) is 20.4 Å². The van der Waals surface area contributed by atoms with Crippen LogP contribution in [0, 0.1) is 6.92 Å². The molecule has 3 aromatic rings. The summed E-state index contributed by atoms with van der Waals surface area (Å²) in [7, 11) is 0. The maximum Gasteiger partial charge on any atom is 0.257 e. The minimum absolute atomic E-state index is 0.281. The molecule has 0 saturated heterocycles. The summed E-state index contributed by atoms with van der Waals surface area (Å²) < 4.78 is 5.43. The number of rotatable bonds is 6. The molecule has 0 saturated carbocycles. The maximum atomic E-state index is 12.8. The van der Waals surface area contributed by atoms with Crippen molar-refractivity contribution >= 4 is 29.2 Å². The summed E-state index contributed by atoms with van der Waals surface area (Å²) in [6.45, 7) is 4.73. The van der Waals surface area contributed by atoms with E-state index in [0.717, 1.165) is 16.9 Å². The third-order valence-electron chi connectivity index (χ3n) is 4.23. The van der Waals surface area contributed by atoms with Gasteiger partial charge in [0.2, 0.25) is 5.96 Å². The van der Waals surface area contributed by atoms with E-state index in [1.54, 1.807) is 36.5 Å². The van der Waals surface area contributed by atoms with E-state index < -0.39 is 0 Å². The van der Waals surface area contributed by atoms with Crippen LogP contribution in [0.3, 0.4) is 0 Å². The van der Waals surface area contributed by atoms with E-state index in [9.17, 15) is 4.79 Å². The molecule has 0 unspecified atom stereocenters. The smallest absolute Gasteiger partial charge is 0.257 e. The van der Waals surface area contributed by atoms with Crippen LogP contribution in [0.1, 0.15) is 28.5 Å². The summed E-state index contributed by atoms with van der Waals surface area (Å²) in [4.78, 5) is 21.5. The number of pyridine rings is 1. The highest BCUT2D eigenvalue weighted by Gasteiger charge is 2.11. The molecule has 0 aliphatic carbocycles. The Hall–Kier alpha value is -3.38. The molecule has 0 fully saturated rings. The van der Waals surface area contributed by atoms with Crippen LogP contribution in [-0.2, 0) is 6.54 Å². The number of ether oxygens (including phenoxy) is 1. The zero-order chi connectivity index (χ0) is 21.3. The van der Waals surface area contributed by atoms with Gasteiger partial charge < -0.3 is 10.1 Å². The molecule has 7 heteroatoms.